The van der Waals surface area contributed by atoms with Crippen molar-refractivity contribution in [2.45, 2.75) is 33.1 Å². The largest absolute Gasteiger partial charge is 0.254 e. The fourth-order valence-corrected chi connectivity index (χ4v) is 8.30. The van der Waals surface area contributed by atoms with Crippen LogP contribution in [0.2, 0.25) is 0 Å². The lowest BCUT2D eigenvalue weighted by molar-refractivity contribution is 0.768. The van der Waals surface area contributed by atoms with Gasteiger partial charge in [0.2, 0.25) is 0 Å². The summed E-state index contributed by atoms with van der Waals surface area (Å²) in [6.45, 7) is 8.70. The second-order valence-corrected chi connectivity index (χ2v) is 13.5. The zero-order valence-electron chi connectivity index (χ0n) is 28.3. The van der Waals surface area contributed by atoms with Crippen LogP contribution >= 0.6 is 0 Å². The van der Waals surface area contributed by atoms with Crippen molar-refractivity contribution in [1.82, 2.24) is 9.97 Å². The maximum atomic E-state index is 5.32. The molecule has 6 aromatic carbocycles. The van der Waals surface area contributed by atoms with Gasteiger partial charge in [0.25, 0.3) is 0 Å². The SMILES string of the molecule is Cc1cnc2c(ccc3c(C)c(C)c(-c4ccc(-c5cccc6c5-c5ccccc5C6(c5ccccc5)c5ccccc5)cc4)nc32)c1C. The van der Waals surface area contributed by atoms with Gasteiger partial charge in [0.1, 0.15) is 0 Å². The third kappa shape index (κ3) is 4.20. The van der Waals surface area contributed by atoms with Gasteiger partial charge in [-0.3, -0.25) is 4.98 Å². The van der Waals surface area contributed by atoms with E-state index in [9.17, 15) is 0 Å². The molecule has 2 heteroatoms. The summed E-state index contributed by atoms with van der Waals surface area (Å²) in [4.78, 5) is 10.2. The fourth-order valence-electron chi connectivity index (χ4n) is 8.30. The van der Waals surface area contributed by atoms with Crippen molar-refractivity contribution in [3.63, 3.8) is 0 Å². The van der Waals surface area contributed by atoms with Gasteiger partial charge in [-0.05, 0) is 94.5 Å². The summed E-state index contributed by atoms with van der Waals surface area (Å²) in [5.41, 5.74) is 18.8. The average Bonchev–Trinajstić information content (AvgIpc) is 3.46. The van der Waals surface area contributed by atoms with Crippen LogP contribution in [0.1, 0.15) is 44.5 Å². The lowest BCUT2D eigenvalue weighted by atomic mass is 9.67. The minimum atomic E-state index is -0.415. The molecule has 2 heterocycles. The topological polar surface area (TPSA) is 25.8 Å². The molecule has 0 amide bonds. The van der Waals surface area contributed by atoms with Crippen LogP contribution in [0.3, 0.4) is 0 Å². The van der Waals surface area contributed by atoms with Gasteiger partial charge in [0.15, 0.2) is 0 Å². The van der Waals surface area contributed by atoms with Gasteiger partial charge in [0, 0.05) is 22.5 Å². The zero-order valence-corrected chi connectivity index (χ0v) is 28.3. The smallest absolute Gasteiger partial charge is 0.0975 e. The van der Waals surface area contributed by atoms with E-state index in [-0.39, 0.29) is 0 Å². The van der Waals surface area contributed by atoms with Crippen LogP contribution in [0.25, 0.3) is 55.3 Å². The van der Waals surface area contributed by atoms with Crippen LogP contribution in [0.4, 0.5) is 0 Å². The second kappa shape index (κ2) is 11.1. The fraction of sp³-hybridized carbons (Fsp3) is 0.106. The average molecular weight is 629 g/mol. The number of hydrogen-bond acceptors (Lipinski definition) is 2. The number of hydrogen-bond donors (Lipinski definition) is 0. The lowest BCUT2D eigenvalue weighted by Crippen LogP contribution is -2.28. The summed E-state index contributed by atoms with van der Waals surface area (Å²) in [6, 6.07) is 51.2. The molecule has 2 nitrogen and oxygen atoms in total. The van der Waals surface area contributed by atoms with Crippen LogP contribution < -0.4 is 0 Å². The van der Waals surface area contributed by atoms with E-state index in [0.29, 0.717) is 0 Å². The van der Waals surface area contributed by atoms with E-state index in [0.717, 1.165) is 22.3 Å². The number of rotatable bonds is 4. The van der Waals surface area contributed by atoms with E-state index in [1.165, 1.54) is 77.5 Å². The van der Waals surface area contributed by atoms with E-state index in [4.69, 9.17) is 9.97 Å². The molecule has 0 saturated carbocycles. The first-order chi connectivity index (χ1) is 24.0. The summed E-state index contributed by atoms with van der Waals surface area (Å²) >= 11 is 0. The molecule has 0 fully saturated rings. The highest BCUT2D eigenvalue weighted by atomic mass is 14.8. The van der Waals surface area contributed by atoms with E-state index in [1.54, 1.807) is 0 Å². The van der Waals surface area contributed by atoms with Gasteiger partial charge >= 0.3 is 0 Å². The molecule has 0 unspecified atom stereocenters. The number of benzene rings is 6. The van der Waals surface area contributed by atoms with Crippen LogP contribution in [0.5, 0.6) is 0 Å². The molecule has 2 aromatic heterocycles. The number of aromatic nitrogens is 2. The Morgan fingerprint density at radius 3 is 1.71 bits per heavy atom. The predicted octanol–water partition coefficient (Wildman–Crippen LogP) is 11.7. The highest BCUT2D eigenvalue weighted by molar-refractivity contribution is 6.06. The first kappa shape index (κ1) is 29.3. The van der Waals surface area contributed by atoms with Gasteiger partial charge in [-0.1, -0.05) is 140 Å². The number of aryl methyl sites for hydroxylation is 3. The number of pyridine rings is 2. The maximum Gasteiger partial charge on any atom is 0.0975 e. The number of nitrogens with zero attached hydrogens (tertiary/aromatic N) is 2. The van der Waals surface area contributed by atoms with Crippen LogP contribution in [0, 0.1) is 27.7 Å². The predicted molar refractivity (Wildman–Crippen MR) is 204 cm³/mol. The Balaban J connectivity index is 1.23. The molecule has 8 aromatic rings. The zero-order chi connectivity index (χ0) is 33.3. The molecule has 0 spiro atoms. The van der Waals surface area contributed by atoms with Gasteiger partial charge in [-0.2, -0.15) is 0 Å². The van der Waals surface area contributed by atoms with E-state index < -0.39 is 5.41 Å². The third-order valence-corrected chi connectivity index (χ3v) is 11.0. The van der Waals surface area contributed by atoms with Gasteiger partial charge in [-0.25, -0.2) is 4.98 Å². The molecule has 1 aliphatic carbocycles. The lowest BCUT2D eigenvalue weighted by Gasteiger charge is -2.34. The standard InChI is InChI=1S/C47H36N2/c1-29-28-48-45-37(30(29)2)26-27-38-31(3)32(4)44(49-46(38)45)34-24-22-33(23-25-34)39-19-13-21-42-43(39)40-18-11-12-20-41(40)47(42,35-14-7-5-8-15-35)36-16-9-6-10-17-36/h5-28H,1-4H3. The second-order valence-electron chi connectivity index (χ2n) is 13.5. The van der Waals surface area contributed by atoms with Crippen molar-refractivity contribution in [3.8, 4) is 33.5 Å². The Morgan fingerprint density at radius 1 is 0.449 bits per heavy atom. The highest BCUT2D eigenvalue weighted by Gasteiger charge is 2.46. The minimum Gasteiger partial charge on any atom is -0.254 e. The molecule has 0 atom stereocenters. The summed E-state index contributed by atoms with van der Waals surface area (Å²) in [5, 5.41) is 2.34. The Hall–Kier alpha value is -5.86. The summed E-state index contributed by atoms with van der Waals surface area (Å²) in [5.74, 6) is 0. The Labute approximate surface area is 287 Å². The Bertz CT molecular complexity index is 2530. The van der Waals surface area contributed by atoms with E-state index >= 15 is 0 Å². The molecule has 0 bridgehead atoms. The Morgan fingerprint density at radius 2 is 1.02 bits per heavy atom. The van der Waals surface area contributed by atoms with E-state index in [2.05, 4.69) is 167 Å². The van der Waals surface area contributed by atoms with Crippen molar-refractivity contribution in [3.05, 3.63) is 190 Å². The van der Waals surface area contributed by atoms with Crippen LogP contribution in [-0.4, -0.2) is 9.97 Å². The molecule has 1 aliphatic rings. The molecule has 49 heavy (non-hydrogen) atoms. The molecule has 9 rings (SSSR count). The highest BCUT2D eigenvalue weighted by Crippen LogP contribution is 2.58. The Kier molecular flexibility index (Phi) is 6.64. The first-order valence-corrected chi connectivity index (χ1v) is 17.1. The van der Waals surface area contributed by atoms with Crippen molar-refractivity contribution in [2.24, 2.45) is 0 Å². The van der Waals surface area contributed by atoms with Crippen molar-refractivity contribution < 1.29 is 0 Å². The minimum absolute atomic E-state index is 0.415. The van der Waals surface area contributed by atoms with Crippen molar-refractivity contribution in [1.29, 1.82) is 0 Å². The van der Waals surface area contributed by atoms with Crippen LogP contribution in [-0.2, 0) is 5.41 Å². The third-order valence-electron chi connectivity index (χ3n) is 11.0. The molecular formula is C47H36N2. The van der Waals surface area contributed by atoms with Gasteiger partial charge in [-0.15, -0.1) is 0 Å². The van der Waals surface area contributed by atoms with Crippen molar-refractivity contribution in [2.75, 3.05) is 0 Å². The van der Waals surface area contributed by atoms with Crippen LogP contribution in [0.15, 0.2) is 146 Å². The molecule has 0 radical (unpaired) electrons. The molecular weight excluding hydrogens is 593 g/mol. The first-order valence-electron chi connectivity index (χ1n) is 17.1. The van der Waals surface area contributed by atoms with Crippen molar-refractivity contribution >= 4 is 21.8 Å². The van der Waals surface area contributed by atoms with Gasteiger partial charge in [0.05, 0.1) is 22.1 Å². The normalized spacial score (nSPS) is 13.1. The molecule has 0 aliphatic heterocycles. The maximum absolute atomic E-state index is 5.32. The van der Waals surface area contributed by atoms with E-state index in [1.807, 2.05) is 6.20 Å². The summed E-state index contributed by atoms with van der Waals surface area (Å²) in [7, 11) is 0. The summed E-state index contributed by atoms with van der Waals surface area (Å²) < 4.78 is 0. The molecule has 0 saturated heterocycles. The van der Waals surface area contributed by atoms with Gasteiger partial charge < -0.3 is 0 Å². The molecule has 0 N–H and O–H groups in total. The molecule has 234 valence electrons. The monoisotopic (exact) mass is 628 g/mol. The quantitative estimate of drug-likeness (QED) is 0.181. The number of fused-ring (bicyclic) bond motifs is 6. The summed E-state index contributed by atoms with van der Waals surface area (Å²) in [6.07, 6.45) is 1.98.